The largest absolute Gasteiger partial charge is 0.416 e. The maximum absolute atomic E-state index is 12.8. The van der Waals surface area contributed by atoms with E-state index in [2.05, 4.69) is 4.90 Å². The van der Waals surface area contributed by atoms with Crippen LogP contribution in [0, 0.1) is 0 Å². The highest BCUT2D eigenvalue weighted by molar-refractivity contribution is 6.07. The summed E-state index contributed by atoms with van der Waals surface area (Å²) in [6, 6.07) is 11.9. The van der Waals surface area contributed by atoms with E-state index in [9.17, 15) is 22.8 Å². The second kappa shape index (κ2) is 8.14. The van der Waals surface area contributed by atoms with E-state index < -0.39 is 11.7 Å². The van der Waals surface area contributed by atoms with Gasteiger partial charge in [0.2, 0.25) is 0 Å². The Hall–Kier alpha value is -2.67. The lowest BCUT2D eigenvalue weighted by molar-refractivity contribution is -0.137. The Morgan fingerprint density at radius 3 is 2.00 bits per heavy atom. The maximum Gasteiger partial charge on any atom is 0.416 e. The van der Waals surface area contributed by atoms with E-state index in [-0.39, 0.29) is 11.7 Å². The van der Waals surface area contributed by atoms with Crippen LogP contribution in [0.25, 0.3) is 0 Å². The molecule has 28 heavy (non-hydrogen) atoms. The fourth-order valence-corrected chi connectivity index (χ4v) is 3.31. The van der Waals surface area contributed by atoms with Gasteiger partial charge in [0.05, 0.1) is 11.1 Å². The van der Waals surface area contributed by atoms with Crippen molar-refractivity contribution in [1.82, 2.24) is 9.80 Å². The summed E-state index contributed by atoms with van der Waals surface area (Å²) in [5.41, 5.74) is 0.969. The third-order valence-electron chi connectivity index (χ3n) is 4.88. The standard InChI is InChI=1S/C21H21F3N2O2/c1-15(27)18-4-2-3-5-19(18)20(28)26-12-10-25(11-13-26)14-16-6-8-17(9-7-16)21(22,23)24/h2-9H,10-14H2,1H3. The topological polar surface area (TPSA) is 40.6 Å². The number of carbonyl (C=O) groups is 2. The van der Waals surface area contributed by atoms with Gasteiger partial charge in [0.25, 0.3) is 5.91 Å². The highest BCUT2D eigenvalue weighted by atomic mass is 19.4. The molecular weight excluding hydrogens is 369 g/mol. The molecule has 0 spiro atoms. The van der Waals surface area contributed by atoms with Crippen LogP contribution in [0.5, 0.6) is 0 Å². The van der Waals surface area contributed by atoms with Crippen LogP contribution in [-0.2, 0) is 12.7 Å². The highest BCUT2D eigenvalue weighted by Gasteiger charge is 2.30. The first-order chi connectivity index (χ1) is 13.3. The Bertz CT molecular complexity index is 855. The molecule has 3 rings (SSSR count). The van der Waals surface area contributed by atoms with Gasteiger partial charge in [-0.2, -0.15) is 13.2 Å². The van der Waals surface area contributed by atoms with Gasteiger partial charge >= 0.3 is 6.18 Å². The van der Waals surface area contributed by atoms with Gasteiger partial charge in [-0.15, -0.1) is 0 Å². The van der Waals surface area contributed by atoms with Crippen LogP contribution in [0.4, 0.5) is 13.2 Å². The first-order valence-corrected chi connectivity index (χ1v) is 9.03. The van der Waals surface area contributed by atoms with Gasteiger partial charge in [-0.3, -0.25) is 14.5 Å². The molecule has 1 aliphatic heterocycles. The summed E-state index contributed by atoms with van der Waals surface area (Å²) in [4.78, 5) is 28.3. The molecule has 0 bridgehead atoms. The summed E-state index contributed by atoms with van der Waals surface area (Å²) in [5, 5.41) is 0. The molecular formula is C21H21F3N2O2. The zero-order valence-corrected chi connectivity index (χ0v) is 15.5. The summed E-state index contributed by atoms with van der Waals surface area (Å²) in [5.74, 6) is -0.315. The third-order valence-corrected chi connectivity index (χ3v) is 4.88. The molecule has 0 unspecified atom stereocenters. The van der Waals surface area contributed by atoms with E-state index in [1.54, 1.807) is 29.2 Å². The fourth-order valence-electron chi connectivity index (χ4n) is 3.31. The second-order valence-electron chi connectivity index (χ2n) is 6.86. The Morgan fingerprint density at radius 1 is 0.893 bits per heavy atom. The summed E-state index contributed by atoms with van der Waals surface area (Å²) < 4.78 is 37.9. The number of hydrogen-bond donors (Lipinski definition) is 0. The number of Topliss-reactive ketones (excluding diaryl/α,β-unsaturated/α-hetero) is 1. The number of carbonyl (C=O) groups excluding carboxylic acids is 2. The summed E-state index contributed by atoms with van der Waals surface area (Å²) in [6.45, 7) is 4.22. The van der Waals surface area contributed by atoms with Gasteiger partial charge in [0.1, 0.15) is 0 Å². The first-order valence-electron chi connectivity index (χ1n) is 9.03. The fraction of sp³-hybridized carbons (Fsp3) is 0.333. The van der Waals surface area contributed by atoms with Gasteiger partial charge in [-0.1, -0.05) is 30.3 Å². The van der Waals surface area contributed by atoms with Crippen molar-refractivity contribution in [2.45, 2.75) is 19.6 Å². The van der Waals surface area contributed by atoms with Crippen LogP contribution in [-0.4, -0.2) is 47.7 Å². The van der Waals surface area contributed by atoms with Gasteiger partial charge in [-0.05, 0) is 30.7 Å². The number of hydrogen-bond acceptors (Lipinski definition) is 3. The van der Waals surface area contributed by atoms with Crippen LogP contribution in [0.2, 0.25) is 0 Å². The number of nitrogens with zero attached hydrogens (tertiary/aromatic N) is 2. The number of amides is 1. The number of halogens is 3. The zero-order valence-electron chi connectivity index (χ0n) is 15.5. The number of ketones is 1. The van der Waals surface area contributed by atoms with E-state index in [0.29, 0.717) is 43.9 Å². The molecule has 2 aromatic carbocycles. The number of benzene rings is 2. The molecule has 1 saturated heterocycles. The average Bonchev–Trinajstić information content (AvgIpc) is 2.68. The van der Waals surface area contributed by atoms with Crippen LogP contribution in [0.15, 0.2) is 48.5 Å². The molecule has 1 aliphatic rings. The third kappa shape index (κ3) is 4.59. The minimum Gasteiger partial charge on any atom is -0.336 e. The minimum atomic E-state index is -4.33. The van der Waals surface area contributed by atoms with E-state index >= 15 is 0 Å². The Balaban J connectivity index is 1.59. The lowest BCUT2D eigenvalue weighted by Crippen LogP contribution is -2.48. The van der Waals surface area contributed by atoms with Crippen molar-refractivity contribution in [2.75, 3.05) is 26.2 Å². The normalized spacial score (nSPS) is 15.5. The molecule has 4 nitrogen and oxygen atoms in total. The minimum absolute atomic E-state index is 0.148. The van der Waals surface area contributed by atoms with Gasteiger partial charge in [-0.25, -0.2) is 0 Å². The predicted octanol–water partition coefficient (Wildman–Crippen LogP) is 3.87. The van der Waals surface area contributed by atoms with Crippen LogP contribution < -0.4 is 0 Å². The molecule has 0 aromatic heterocycles. The predicted molar refractivity (Wildman–Crippen MR) is 99.1 cm³/mol. The Kier molecular flexibility index (Phi) is 5.84. The lowest BCUT2D eigenvalue weighted by Gasteiger charge is -2.35. The molecule has 148 valence electrons. The Labute approximate surface area is 161 Å². The van der Waals surface area contributed by atoms with E-state index in [1.165, 1.54) is 19.1 Å². The van der Waals surface area contributed by atoms with E-state index in [0.717, 1.165) is 17.7 Å². The van der Waals surface area contributed by atoms with Crippen molar-refractivity contribution >= 4 is 11.7 Å². The quantitative estimate of drug-likeness (QED) is 0.745. The van der Waals surface area contributed by atoms with Crippen LogP contribution in [0.1, 0.15) is 38.8 Å². The molecule has 0 atom stereocenters. The molecule has 0 radical (unpaired) electrons. The van der Waals surface area contributed by atoms with Gasteiger partial charge < -0.3 is 4.90 Å². The van der Waals surface area contributed by atoms with Crippen molar-refractivity contribution in [3.8, 4) is 0 Å². The van der Waals surface area contributed by atoms with Gasteiger partial charge in [0.15, 0.2) is 5.78 Å². The Morgan fingerprint density at radius 2 is 1.46 bits per heavy atom. The van der Waals surface area contributed by atoms with E-state index in [1.807, 2.05) is 0 Å². The van der Waals surface area contributed by atoms with Crippen molar-refractivity contribution in [2.24, 2.45) is 0 Å². The summed E-state index contributed by atoms with van der Waals surface area (Å²) in [7, 11) is 0. The molecule has 0 saturated carbocycles. The van der Waals surface area contributed by atoms with Crippen LogP contribution in [0.3, 0.4) is 0 Å². The maximum atomic E-state index is 12.8. The van der Waals surface area contributed by atoms with Crippen molar-refractivity contribution in [3.05, 3.63) is 70.8 Å². The number of alkyl halides is 3. The first kappa shape index (κ1) is 20.1. The number of piperazine rings is 1. The van der Waals surface area contributed by atoms with Crippen molar-refractivity contribution < 1.29 is 22.8 Å². The molecule has 1 fully saturated rings. The highest BCUT2D eigenvalue weighted by Crippen LogP contribution is 2.29. The molecule has 0 aliphatic carbocycles. The van der Waals surface area contributed by atoms with Gasteiger partial charge in [0, 0.05) is 38.3 Å². The second-order valence-corrected chi connectivity index (χ2v) is 6.86. The van der Waals surface area contributed by atoms with E-state index in [4.69, 9.17) is 0 Å². The monoisotopic (exact) mass is 390 g/mol. The van der Waals surface area contributed by atoms with Crippen molar-refractivity contribution in [1.29, 1.82) is 0 Å². The van der Waals surface area contributed by atoms with Crippen LogP contribution >= 0.6 is 0 Å². The summed E-state index contributed by atoms with van der Waals surface area (Å²) >= 11 is 0. The zero-order chi connectivity index (χ0) is 20.3. The smallest absolute Gasteiger partial charge is 0.336 e. The lowest BCUT2D eigenvalue weighted by atomic mass is 10.0. The molecule has 1 heterocycles. The molecule has 7 heteroatoms. The average molecular weight is 390 g/mol. The molecule has 0 N–H and O–H groups in total. The van der Waals surface area contributed by atoms with Crippen molar-refractivity contribution in [3.63, 3.8) is 0 Å². The molecule has 1 amide bonds. The summed E-state index contributed by atoms with van der Waals surface area (Å²) in [6.07, 6.45) is -4.33. The molecule has 2 aromatic rings. The SMILES string of the molecule is CC(=O)c1ccccc1C(=O)N1CCN(Cc2ccc(C(F)(F)F)cc2)CC1. The number of rotatable bonds is 4.